The van der Waals surface area contributed by atoms with Crippen LogP contribution < -0.4 is 0 Å². The number of nitrogens with zero attached hydrogens (tertiary/aromatic N) is 2. The minimum Gasteiger partial charge on any atom is -0.214 e. The molecule has 0 aliphatic carbocycles. The van der Waals surface area contributed by atoms with Crippen molar-refractivity contribution >= 4 is 59.6 Å². The second kappa shape index (κ2) is 6.31. The van der Waals surface area contributed by atoms with Crippen molar-refractivity contribution in [3.8, 4) is 0 Å². The molecule has 1 heterocycles. The fourth-order valence-corrected chi connectivity index (χ4v) is 4.55. The molecular weight excluding hydrogens is 432 g/mol. The van der Waals surface area contributed by atoms with Crippen molar-refractivity contribution in [3.05, 3.63) is 49.8 Å². The summed E-state index contributed by atoms with van der Waals surface area (Å²) in [7, 11) is 0. The number of rotatable bonds is 3. The summed E-state index contributed by atoms with van der Waals surface area (Å²) in [5.41, 5.74) is 1.28. The Morgan fingerprint density at radius 3 is 2.12 bits per heavy atom. The topological polar surface area (TPSA) is 25.8 Å². The monoisotopic (exact) mass is 436 g/mol. The van der Waals surface area contributed by atoms with E-state index in [0.717, 1.165) is 19.9 Å². The van der Waals surface area contributed by atoms with E-state index in [1.54, 1.807) is 11.8 Å². The van der Waals surface area contributed by atoms with Gasteiger partial charge in [-0.15, -0.1) is 11.8 Å². The highest BCUT2D eigenvalue weighted by Crippen LogP contribution is 2.34. The largest absolute Gasteiger partial charge is 0.214 e. The van der Waals surface area contributed by atoms with Gasteiger partial charge in [0.2, 0.25) is 0 Å². The second-order valence-electron chi connectivity index (χ2n) is 3.18. The lowest BCUT2D eigenvalue weighted by Crippen LogP contribution is -1.90. The summed E-state index contributed by atoms with van der Waals surface area (Å²) in [5, 5.41) is 0. The Morgan fingerprint density at radius 1 is 0.941 bits per heavy atom. The summed E-state index contributed by atoms with van der Waals surface area (Å²) < 4.78 is 2.17. The molecule has 0 bridgehead atoms. The fourth-order valence-electron chi connectivity index (χ4n) is 1.22. The smallest absolute Gasteiger partial charge is 0.198 e. The molecular formula is C11H7Br3N2S. The molecule has 2 aromatic rings. The van der Waals surface area contributed by atoms with Crippen LogP contribution in [-0.4, -0.2) is 9.97 Å². The maximum absolute atomic E-state index is 4.22. The van der Waals surface area contributed by atoms with E-state index in [4.69, 9.17) is 0 Å². The minimum absolute atomic E-state index is 0.570. The standard InChI is InChI=1S/C11H7Br3N2S/c12-9-8(10(13)16-11(14)15-9)17-6-7-4-2-1-3-5-7/h1-5H,6H2. The zero-order chi connectivity index (χ0) is 12.3. The number of hydrogen-bond acceptors (Lipinski definition) is 3. The van der Waals surface area contributed by atoms with Crippen molar-refractivity contribution in [1.82, 2.24) is 9.97 Å². The normalized spacial score (nSPS) is 10.5. The van der Waals surface area contributed by atoms with Crippen molar-refractivity contribution in [1.29, 1.82) is 0 Å². The molecule has 0 saturated carbocycles. The van der Waals surface area contributed by atoms with Crippen LogP contribution >= 0.6 is 59.6 Å². The lowest BCUT2D eigenvalue weighted by molar-refractivity contribution is 0.991. The number of aromatic nitrogens is 2. The molecule has 2 rings (SSSR count). The van der Waals surface area contributed by atoms with E-state index >= 15 is 0 Å². The molecule has 0 radical (unpaired) electrons. The van der Waals surface area contributed by atoms with E-state index in [1.807, 2.05) is 18.2 Å². The highest BCUT2D eigenvalue weighted by molar-refractivity contribution is 9.11. The predicted octanol–water partition coefficient (Wildman–Crippen LogP) is 5.06. The third-order valence-corrected chi connectivity index (χ3v) is 5.16. The third kappa shape index (κ3) is 3.77. The zero-order valence-electron chi connectivity index (χ0n) is 8.53. The van der Waals surface area contributed by atoms with Gasteiger partial charge in [0.15, 0.2) is 4.73 Å². The first-order valence-electron chi connectivity index (χ1n) is 4.72. The van der Waals surface area contributed by atoms with Gasteiger partial charge in [-0.05, 0) is 53.4 Å². The van der Waals surface area contributed by atoms with Crippen LogP contribution in [0.4, 0.5) is 0 Å². The van der Waals surface area contributed by atoms with Gasteiger partial charge in [-0.25, -0.2) is 9.97 Å². The quantitative estimate of drug-likeness (QED) is 0.380. The van der Waals surface area contributed by atoms with Gasteiger partial charge in [0, 0.05) is 5.75 Å². The van der Waals surface area contributed by atoms with E-state index < -0.39 is 0 Å². The first-order valence-corrected chi connectivity index (χ1v) is 8.08. The van der Waals surface area contributed by atoms with Crippen molar-refractivity contribution in [3.63, 3.8) is 0 Å². The summed E-state index contributed by atoms with van der Waals surface area (Å²) in [6.45, 7) is 0. The van der Waals surface area contributed by atoms with Gasteiger partial charge in [-0.3, -0.25) is 0 Å². The van der Waals surface area contributed by atoms with E-state index in [1.165, 1.54) is 5.56 Å². The highest BCUT2D eigenvalue weighted by Gasteiger charge is 2.10. The Balaban J connectivity index is 2.15. The number of thioether (sulfide) groups is 1. The molecule has 0 amide bonds. The molecule has 2 nitrogen and oxygen atoms in total. The Bertz CT molecular complexity index is 496. The summed E-state index contributed by atoms with van der Waals surface area (Å²) in [4.78, 5) is 9.45. The lowest BCUT2D eigenvalue weighted by Gasteiger charge is -2.06. The molecule has 0 atom stereocenters. The molecule has 0 aliphatic rings. The molecule has 0 spiro atoms. The molecule has 0 saturated heterocycles. The van der Waals surface area contributed by atoms with Crippen LogP contribution in [0.5, 0.6) is 0 Å². The Morgan fingerprint density at radius 2 is 1.53 bits per heavy atom. The average Bonchev–Trinajstić information content (AvgIpc) is 2.29. The van der Waals surface area contributed by atoms with Crippen molar-refractivity contribution in [2.24, 2.45) is 0 Å². The highest BCUT2D eigenvalue weighted by atomic mass is 79.9. The van der Waals surface area contributed by atoms with Crippen molar-refractivity contribution in [2.45, 2.75) is 10.6 Å². The maximum Gasteiger partial charge on any atom is 0.198 e. The molecule has 0 fully saturated rings. The van der Waals surface area contributed by atoms with E-state index in [2.05, 4.69) is 69.9 Å². The van der Waals surface area contributed by atoms with E-state index in [0.29, 0.717) is 4.73 Å². The van der Waals surface area contributed by atoms with Crippen LogP contribution in [0.3, 0.4) is 0 Å². The minimum atomic E-state index is 0.570. The summed E-state index contributed by atoms with van der Waals surface area (Å²) in [6.07, 6.45) is 0. The van der Waals surface area contributed by atoms with Gasteiger partial charge in [-0.2, -0.15) is 0 Å². The maximum atomic E-state index is 4.22. The number of halogens is 3. The van der Waals surface area contributed by atoms with Gasteiger partial charge < -0.3 is 0 Å². The molecule has 1 aromatic heterocycles. The average molecular weight is 439 g/mol. The van der Waals surface area contributed by atoms with Crippen LogP contribution in [0, 0.1) is 0 Å². The zero-order valence-corrected chi connectivity index (χ0v) is 14.1. The molecule has 0 N–H and O–H groups in total. The number of benzene rings is 1. The molecule has 1 aromatic carbocycles. The molecule has 17 heavy (non-hydrogen) atoms. The molecule has 88 valence electrons. The molecule has 6 heteroatoms. The first-order chi connectivity index (χ1) is 8.16. The lowest BCUT2D eigenvalue weighted by atomic mass is 10.2. The fraction of sp³-hybridized carbons (Fsp3) is 0.0909. The Hall–Kier alpha value is 0.0900. The van der Waals surface area contributed by atoms with Crippen LogP contribution in [0.1, 0.15) is 5.56 Å². The Labute approximate surface area is 129 Å². The van der Waals surface area contributed by atoms with Gasteiger partial charge >= 0.3 is 0 Å². The van der Waals surface area contributed by atoms with Crippen LogP contribution in [0.15, 0.2) is 49.2 Å². The van der Waals surface area contributed by atoms with E-state index in [-0.39, 0.29) is 0 Å². The molecule has 0 aliphatic heterocycles. The third-order valence-electron chi connectivity index (χ3n) is 1.98. The van der Waals surface area contributed by atoms with Gasteiger partial charge in [-0.1, -0.05) is 30.3 Å². The van der Waals surface area contributed by atoms with Crippen molar-refractivity contribution in [2.75, 3.05) is 0 Å². The summed E-state index contributed by atoms with van der Waals surface area (Å²) in [6, 6.07) is 10.3. The summed E-state index contributed by atoms with van der Waals surface area (Å²) in [5.74, 6) is 0.892. The van der Waals surface area contributed by atoms with E-state index in [9.17, 15) is 0 Å². The van der Waals surface area contributed by atoms with Crippen LogP contribution in [-0.2, 0) is 5.75 Å². The predicted molar refractivity (Wildman–Crippen MR) is 81.1 cm³/mol. The second-order valence-corrected chi connectivity index (χ2v) is 6.37. The van der Waals surface area contributed by atoms with Gasteiger partial charge in [0.25, 0.3) is 0 Å². The SMILES string of the molecule is Brc1nc(Br)c(SCc2ccccc2)c(Br)n1. The Kier molecular flexibility index (Phi) is 5.02. The van der Waals surface area contributed by atoms with Gasteiger partial charge in [0.1, 0.15) is 9.21 Å². The summed E-state index contributed by atoms with van der Waals surface area (Å²) >= 11 is 11.8. The van der Waals surface area contributed by atoms with Crippen LogP contribution in [0.25, 0.3) is 0 Å². The molecule has 0 unspecified atom stereocenters. The van der Waals surface area contributed by atoms with Crippen molar-refractivity contribution < 1.29 is 0 Å². The number of hydrogen-bond donors (Lipinski definition) is 0. The first kappa shape index (κ1) is 13.5. The van der Waals surface area contributed by atoms with Gasteiger partial charge in [0.05, 0.1) is 4.90 Å². The van der Waals surface area contributed by atoms with Crippen LogP contribution in [0.2, 0.25) is 0 Å².